The molecule has 2 unspecified atom stereocenters. The Morgan fingerprint density at radius 2 is 1.92 bits per heavy atom. The van der Waals surface area contributed by atoms with Gasteiger partial charge in [0.1, 0.15) is 24.9 Å². The minimum absolute atomic E-state index is 0.248. The number of rotatable bonds is 8. The molecule has 1 aromatic carbocycles. The van der Waals surface area contributed by atoms with Crippen LogP contribution < -0.4 is 4.74 Å². The fourth-order valence-electron chi connectivity index (χ4n) is 2.26. The molecule has 0 saturated carbocycles. The Labute approximate surface area is 143 Å². The smallest absolute Gasteiger partial charge is 0.303 e. The monoisotopic (exact) mass is 356 g/mol. The van der Waals surface area contributed by atoms with Gasteiger partial charge in [0.15, 0.2) is 6.10 Å². The van der Waals surface area contributed by atoms with Crippen molar-refractivity contribution in [1.29, 1.82) is 0 Å². The highest BCUT2D eigenvalue weighted by Gasteiger charge is 2.45. The largest absolute Gasteiger partial charge is 0.466 e. The number of benzene rings is 1. The topological polar surface area (TPSA) is 53.4 Å². The van der Waals surface area contributed by atoms with Crippen molar-refractivity contribution in [2.75, 3.05) is 13.3 Å². The normalized spacial score (nSPS) is 14.0. The van der Waals surface area contributed by atoms with E-state index in [0.717, 1.165) is 6.92 Å². The van der Waals surface area contributed by atoms with Gasteiger partial charge in [0.05, 0.1) is 11.7 Å². The number of carbonyl (C=O) groups is 1. The molecule has 25 heavy (non-hydrogen) atoms. The minimum Gasteiger partial charge on any atom is -0.466 e. The standard InChI is InChI=1S/C17H19F3N2O3/c1-12(23)24-15(17(2,9-18)10-19)16(22-8-7-21-11-22)25-14-5-3-13(20)4-6-14/h3-8,11,15-16H,9-10H2,1-2H3. The number of alkyl halides is 2. The summed E-state index contributed by atoms with van der Waals surface area (Å²) in [6, 6.07) is 5.11. The van der Waals surface area contributed by atoms with Crippen LogP contribution in [0.2, 0.25) is 0 Å². The van der Waals surface area contributed by atoms with Crippen molar-refractivity contribution in [3.05, 3.63) is 48.8 Å². The molecule has 0 aliphatic heterocycles. The molecule has 0 N–H and O–H groups in total. The van der Waals surface area contributed by atoms with Gasteiger partial charge in [-0.1, -0.05) is 6.92 Å². The second-order valence-electron chi connectivity index (χ2n) is 5.92. The van der Waals surface area contributed by atoms with E-state index in [4.69, 9.17) is 9.47 Å². The van der Waals surface area contributed by atoms with E-state index in [2.05, 4.69) is 4.98 Å². The summed E-state index contributed by atoms with van der Waals surface area (Å²) in [4.78, 5) is 15.4. The zero-order chi connectivity index (χ0) is 18.4. The summed E-state index contributed by atoms with van der Waals surface area (Å²) >= 11 is 0. The van der Waals surface area contributed by atoms with Crippen molar-refractivity contribution in [2.45, 2.75) is 26.2 Å². The number of carbonyl (C=O) groups excluding carboxylic acids is 1. The van der Waals surface area contributed by atoms with E-state index < -0.39 is 42.9 Å². The second-order valence-corrected chi connectivity index (χ2v) is 5.92. The van der Waals surface area contributed by atoms with E-state index in [1.807, 2.05) is 0 Å². The highest BCUT2D eigenvalue weighted by atomic mass is 19.1. The summed E-state index contributed by atoms with van der Waals surface area (Å²) in [5.41, 5.74) is -1.62. The Bertz CT molecular complexity index is 673. The van der Waals surface area contributed by atoms with E-state index in [0.29, 0.717) is 0 Å². The number of esters is 1. The fraction of sp³-hybridized carbons (Fsp3) is 0.412. The van der Waals surface area contributed by atoms with Gasteiger partial charge in [-0.15, -0.1) is 0 Å². The van der Waals surface area contributed by atoms with Crippen LogP contribution in [0.1, 0.15) is 20.1 Å². The van der Waals surface area contributed by atoms with Crippen LogP contribution in [0.5, 0.6) is 5.75 Å². The van der Waals surface area contributed by atoms with E-state index >= 15 is 0 Å². The van der Waals surface area contributed by atoms with Crippen molar-refractivity contribution < 1.29 is 27.4 Å². The minimum atomic E-state index is -1.62. The number of imidazole rings is 1. The van der Waals surface area contributed by atoms with Crippen LogP contribution in [0.4, 0.5) is 13.2 Å². The lowest BCUT2D eigenvalue weighted by Gasteiger charge is -2.37. The predicted octanol–water partition coefficient (Wildman–Crippen LogP) is 3.48. The molecule has 0 aliphatic carbocycles. The highest BCUT2D eigenvalue weighted by Crippen LogP contribution is 2.35. The van der Waals surface area contributed by atoms with Crippen LogP contribution in [0, 0.1) is 11.2 Å². The molecule has 0 bridgehead atoms. The average Bonchev–Trinajstić information content (AvgIpc) is 3.13. The first-order valence-corrected chi connectivity index (χ1v) is 7.58. The van der Waals surface area contributed by atoms with Crippen molar-refractivity contribution >= 4 is 5.97 Å². The van der Waals surface area contributed by atoms with Crippen LogP contribution in [0.3, 0.4) is 0 Å². The lowest BCUT2D eigenvalue weighted by Crippen LogP contribution is -2.47. The SMILES string of the molecule is CC(=O)OC(C(Oc1ccc(F)cc1)n1ccnc1)C(C)(CF)CF. The van der Waals surface area contributed by atoms with Gasteiger partial charge in [-0.2, -0.15) is 0 Å². The Morgan fingerprint density at radius 3 is 2.40 bits per heavy atom. The molecular weight excluding hydrogens is 337 g/mol. The van der Waals surface area contributed by atoms with E-state index in [9.17, 15) is 18.0 Å². The van der Waals surface area contributed by atoms with Gasteiger partial charge in [0, 0.05) is 19.3 Å². The lowest BCUT2D eigenvalue weighted by molar-refractivity contribution is -0.171. The number of hydrogen-bond donors (Lipinski definition) is 0. The Hall–Kier alpha value is -2.51. The molecule has 136 valence electrons. The molecule has 5 nitrogen and oxygen atoms in total. The van der Waals surface area contributed by atoms with Crippen LogP contribution in [-0.4, -0.2) is 35.0 Å². The fourth-order valence-corrected chi connectivity index (χ4v) is 2.26. The zero-order valence-corrected chi connectivity index (χ0v) is 13.9. The summed E-state index contributed by atoms with van der Waals surface area (Å²) in [5.74, 6) is -0.913. The number of aromatic nitrogens is 2. The highest BCUT2D eigenvalue weighted by molar-refractivity contribution is 5.66. The molecule has 0 spiro atoms. The predicted molar refractivity (Wildman–Crippen MR) is 83.9 cm³/mol. The molecule has 0 saturated heterocycles. The Balaban J connectivity index is 2.42. The number of nitrogens with zero attached hydrogens (tertiary/aromatic N) is 2. The van der Waals surface area contributed by atoms with E-state index in [1.54, 1.807) is 0 Å². The molecule has 1 heterocycles. The summed E-state index contributed by atoms with van der Waals surface area (Å²) in [6.07, 6.45) is 1.98. The molecule has 0 amide bonds. The number of halogens is 3. The van der Waals surface area contributed by atoms with Gasteiger partial charge in [-0.05, 0) is 24.3 Å². The zero-order valence-electron chi connectivity index (χ0n) is 13.9. The number of ether oxygens (including phenoxy) is 2. The Morgan fingerprint density at radius 1 is 1.28 bits per heavy atom. The first-order valence-electron chi connectivity index (χ1n) is 7.58. The molecule has 0 radical (unpaired) electrons. The number of hydrogen-bond acceptors (Lipinski definition) is 4. The quantitative estimate of drug-likeness (QED) is 0.680. The molecule has 2 atom stereocenters. The summed E-state index contributed by atoms with van der Waals surface area (Å²) in [5, 5.41) is 0. The first kappa shape index (κ1) is 18.8. The summed E-state index contributed by atoms with van der Waals surface area (Å²) in [7, 11) is 0. The van der Waals surface area contributed by atoms with Gasteiger partial charge in [-0.3, -0.25) is 18.1 Å². The lowest BCUT2D eigenvalue weighted by atomic mass is 9.85. The van der Waals surface area contributed by atoms with Crippen LogP contribution >= 0.6 is 0 Å². The van der Waals surface area contributed by atoms with Crippen molar-refractivity contribution in [1.82, 2.24) is 9.55 Å². The Kier molecular flexibility index (Phi) is 6.06. The van der Waals surface area contributed by atoms with Gasteiger partial charge in [0.2, 0.25) is 6.23 Å². The summed E-state index contributed by atoms with van der Waals surface area (Å²) < 4.78 is 52.7. The molecule has 0 fully saturated rings. The summed E-state index contributed by atoms with van der Waals surface area (Å²) in [6.45, 7) is 0.324. The van der Waals surface area contributed by atoms with Gasteiger partial charge in [0.25, 0.3) is 0 Å². The third-order valence-corrected chi connectivity index (χ3v) is 3.74. The van der Waals surface area contributed by atoms with Gasteiger partial charge >= 0.3 is 5.97 Å². The van der Waals surface area contributed by atoms with Crippen molar-refractivity contribution in [2.24, 2.45) is 5.41 Å². The van der Waals surface area contributed by atoms with Crippen LogP contribution in [-0.2, 0) is 9.53 Å². The maximum atomic E-state index is 13.6. The molecule has 8 heteroatoms. The van der Waals surface area contributed by atoms with Crippen molar-refractivity contribution in [3.8, 4) is 5.75 Å². The van der Waals surface area contributed by atoms with Gasteiger partial charge < -0.3 is 9.47 Å². The maximum Gasteiger partial charge on any atom is 0.303 e. The van der Waals surface area contributed by atoms with Gasteiger partial charge in [-0.25, -0.2) is 9.37 Å². The van der Waals surface area contributed by atoms with E-state index in [-0.39, 0.29) is 5.75 Å². The average molecular weight is 356 g/mol. The van der Waals surface area contributed by atoms with Crippen LogP contribution in [0.25, 0.3) is 0 Å². The molecule has 2 aromatic rings. The third-order valence-electron chi connectivity index (χ3n) is 3.74. The molecule has 1 aromatic heterocycles. The third kappa shape index (κ3) is 4.52. The molecular formula is C17H19F3N2O3. The molecule has 0 aliphatic rings. The van der Waals surface area contributed by atoms with Crippen LogP contribution in [0.15, 0.2) is 43.0 Å². The van der Waals surface area contributed by atoms with E-state index in [1.165, 1.54) is 54.5 Å². The maximum absolute atomic E-state index is 13.6. The second kappa shape index (κ2) is 8.04. The molecule has 2 rings (SSSR count). The van der Waals surface area contributed by atoms with Crippen molar-refractivity contribution in [3.63, 3.8) is 0 Å². The first-order chi connectivity index (χ1) is 11.9.